The Hall–Kier alpha value is -2.77. The fourth-order valence-corrected chi connectivity index (χ4v) is 4.27. The van der Waals surface area contributed by atoms with E-state index in [-0.39, 0.29) is 18.0 Å². The molecule has 4 rings (SSSR count). The summed E-state index contributed by atoms with van der Waals surface area (Å²) in [4.78, 5) is 27.8. The van der Waals surface area contributed by atoms with Crippen molar-refractivity contribution in [2.45, 2.75) is 38.2 Å². The van der Waals surface area contributed by atoms with E-state index >= 15 is 0 Å². The van der Waals surface area contributed by atoms with Crippen LogP contribution in [0.1, 0.15) is 42.5 Å². The molecule has 0 spiro atoms. The summed E-state index contributed by atoms with van der Waals surface area (Å²) in [6, 6.07) is 12.0. The molecule has 7 nitrogen and oxygen atoms in total. The fourth-order valence-electron chi connectivity index (χ4n) is 4.14. The maximum Gasteiger partial charge on any atom is 0.323 e. The van der Waals surface area contributed by atoms with Gasteiger partial charge in [-0.1, -0.05) is 11.6 Å². The van der Waals surface area contributed by atoms with Crippen LogP contribution in [0.5, 0.6) is 0 Å². The molecule has 0 aromatic heterocycles. The van der Waals surface area contributed by atoms with E-state index in [1.54, 1.807) is 30.3 Å². The van der Waals surface area contributed by atoms with Crippen LogP contribution >= 0.6 is 11.6 Å². The number of carbonyl (C=O) groups is 2. The maximum absolute atomic E-state index is 13.1. The second-order valence-corrected chi connectivity index (χ2v) is 8.65. The van der Waals surface area contributed by atoms with Crippen molar-refractivity contribution in [2.75, 3.05) is 41.8 Å². The van der Waals surface area contributed by atoms with Crippen LogP contribution in [0, 0.1) is 0 Å². The van der Waals surface area contributed by atoms with Crippen molar-refractivity contribution in [2.24, 2.45) is 0 Å². The number of piperidine rings is 1. The third-order valence-corrected chi connectivity index (χ3v) is 6.06. The number of nitrogens with zero attached hydrogens (tertiary/aromatic N) is 1. The SMILES string of the molecule is O=C(Nc1ccc(Cl)cc1)Nc1ccc(N2CCCCC2)c(C(=O)NCC2CCCO2)c1. The Morgan fingerprint density at radius 2 is 1.69 bits per heavy atom. The molecule has 2 aliphatic heterocycles. The number of hydrogen-bond donors (Lipinski definition) is 3. The highest BCUT2D eigenvalue weighted by atomic mass is 35.5. The largest absolute Gasteiger partial charge is 0.376 e. The lowest BCUT2D eigenvalue weighted by Crippen LogP contribution is -2.35. The molecule has 2 saturated heterocycles. The van der Waals surface area contributed by atoms with E-state index in [1.165, 1.54) is 6.42 Å². The Labute approximate surface area is 193 Å². The Morgan fingerprint density at radius 1 is 0.969 bits per heavy atom. The van der Waals surface area contributed by atoms with Gasteiger partial charge in [-0.3, -0.25) is 4.79 Å². The molecule has 3 amide bonds. The normalized spacial score (nSPS) is 18.3. The zero-order chi connectivity index (χ0) is 22.3. The van der Waals surface area contributed by atoms with Crippen molar-refractivity contribution >= 4 is 40.6 Å². The number of hydrogen-bond acceptors (Lipinski definition) is 4. The Balaban J connectivity index is 1.48. The summed E-state index contributed by atoms with van der Waals surface area (Å²) in [7, 11) is 0. The quantitative estimate of drug-likeness (QED) is 0.578. The number of benzene rings is 2. The molecular formula is C24H29ClN4O3. The molecule has 0 radical (unpaired) electrons. The first kappa shape index (κ1) is 22.4. The summed E-state index contributed by atoms with van der Waals surface area (Å²) in [6.07, 6.45) is 5.50. The van der Waals surface area contributed by atoms with Gasteiger partial charge in [0.2, 0.25) is 0 Å². The zero-order valence-electron chi connectivity index (χ0n) is 18.0. The molecule has 0 bridgehead atoms. The summed E-state index contributed by atoms with van der Waals surface area (Å²) in [5.74, 6) is -0.150. The lowest BCUT2D eigenvalue weighted by Gasteiger charge is -2.30. The predicted molar refractivity (Wildman–Crippen MR) is 128 cm³/mol. The predicted octanol–water partition coefficient (Wildman–Crippen LogP) is 4.88. The molecule has 1 unspecified atom stereocenters. The molecule has 3 N–H and O–H groups in total. The third kappa shape index (κ3) is 5.93. The summed E-state index contributed by atoms with van der Waals surface area (Å²) in [6.45, 7) is 3.10. The third-order valence-electron chi connectivity index (χ3n) is 5.81. The molecule has 2 heterocycles. The molecule has 0 aliphatic carbocycles. The van der Waals surface area contributed by atoms with Gasteiger partial charge in [0.15, 0.2) is 0 Å². The van der Waals surface area contributed by atoms with Gasteiger partial charge in [-0.05, 0) is 74.6 Å². The summed E-state index contributed by atoms with van der Waals surface area (Å²) in [5.41, 5.74) is 2.65. The first-order valence-electron chi connectivity index (χ1n) is 11.2. The van der Waals surface area contributed by atoms with Crippen LogP contribution in [-0.2, 0) is 4.74 Å². The summed E-state index contributed by atoms with van der Waals surface area (Å²) in [5, 5.41) is 9.21. The fraction of sp³-hybridized carbons (Fsp3) is 0.417. The van der Waals surface area contributed by atoms with E-state index < -0.39 is 0 Å². The number of nitrogens with one attached hydrogen (secondary N) is 3. The standard InChI is InChI=1S/C24H29ClN4O3/c25-17-6-8-18(9-7-17)27-24(31)28-19-10-11-22(29-12-2-1-3-13-29)21(15-19)23(30)26-16-20-5-4-14-32-20/h6-11,15,20H,1-5,12-14,16H2,(H,26,30)(H2,27,28,31). The van der Waals surface area contributed by atoms with Crippen LogP contribution in [0.3, 0.4) is 0 Å². The highest BCUT2D eigenvalue weighted by molar-refractivity contribution is 6.30. The van der Waals surface area contributed by atoms with E-state index in [9.17, 15) is 9.59 Å². The number of amides is 3. The van der Waals surface area contributed by atoms with E-state index in [1.807, 2.05) is 12.1 Å². The summed E-state index contributed by atoms with van der Waals surface area (Å²) >= 11 is 5.89. The van der Waals surface area contributed by atoms with Gasteiger partial charge in [0, 0.05) is 48.3 Å². The van der Waals surface area contributed by atoms with Crippen LogP contribution in [0.15, 0.2) is 42.5 Å². The van der Waals surface area contributed by atoms with Crippen LogP contribution in [-0.4, -0.2) is 44.3 Å². The van der Waals surface area contributed by atoms with Crippen LogP contribution < -0.4 is 20.9 Å². The van der Waals surface area contributed by atoms with Gasteiger partial charge >= 0.3 is 6.03 Å². The topological polar surface area (TPSA) is 82.7 Å². The second-order valence-electron chi connectivity index (χ2n) is 8.21. The minimum Gasteiger partial charge on any atom is -0.376 e. The minimum absolute atomic E-state index is 0.0730. The van der Waals surface area contributed by atoms with Crippen molar-refractivity contribution in [3.63, 3.8) is 0 Å². The molecule has 8 heteroatoms. The van der Waals surface area contributed by atoms with Crippen molar-refractivity contribution in [1.82, 2.24) is 5.32 Å². The first-order chi connectivity index (χ1) is 15.6. The number of anilines is 3. The highest BCUT2D eigenvalue weighted by Crippen LogP contribution is 2.27. The molecule has 1 atom stereocenters. The molecular weight excluding hydrogens is 428 g/mol. The molecule has 2 aromatic rings. The van der Waals surface area contributed by atoms with Gasteiger partial charge in [-0.25, -0.2) is 4.79 Å². The lowest BCUT2D eigenvalue weighted by atomic mass is 10.1. The number of ether oxygens (including phenoxy) is 1. The van der Waals surface area contributed by atoms with Gasteiger partial charge in [0.1, 0.15) is 0 Å². The smallest absolute Gasteiger partial charge is 0.323 e. The molecule has 2 aromatic carbocycles. The first-order valence-corrected chi connectivity index (χ1v) is 11.6. The molecule has 2 aliphatic rings. The van der Waals surface area contributed by atoms with Crippen LogP contribution in [0.4, 0.5) is 21.9 Å². The maximum atomic E-state index is 13.1. The number of halogens is 1. The van der Waals surface area contributed by atoms with Gasteiger partial charge in [0.25, 0.3) is 5.91 Å². The average Bonchev–Trinajstić information content (AvgIpc) is 3.33. The second kappa shape index (κ2) is 10.7. The number of rotatable bonds is 6. The zero-order valence-corrected chi connectivity index (χ0v) is 18.8. The Morgan fingerprint density at radius 3 is 2.41 bits per heavy atom. The van der Waals surface area contributed by atoms with E-state index in [0.717, 1.165) is 51.1 Å². The average molecular weight is 457 g/mol. The van der Waals surface area contributed by atoms with E-state index in [0.29, 0.717) is 28.5 Å². The summed E-state index contributed by atoms with van der Waals surface area (Å²) < 4.78 is 5.63. The van der Waals surface area contributed by atoms with E-state index in [4.69, 9.17) is 16.3 Å². The minimum atomic E-state index is -0.385. The van der Waals surface area contributed by atoms with E-state index in [2.05, 4.69) is 20.9 Å². The molecule has 0 saturated carbocycles. The lowest BCUT2D eigenvalue weighted by molar-refractivity contribution is 0.0858. The highest BCUT2D eigenvalue weighted by Gasteiger charge is 2.22. The van der Waals surface area contributed by atoms with Gasteiger partial charge in [-0.15, -0.1) is 0 Å². The number of urea groups is 1. The van der Waals surface area contributed by atoms with Gasteiger partial charge in [0.05, 0.1) is 11.7 Å². The van der Waals surface area contributed by atoms with Gasteiger partial charge in [-0.2, -0.15) is 0 Å². The Kier molecular flexibility index (Phi) is 7.50. The van der Waals surface area contributed by atoms with Crippen molar-refractivity contribution in [1.29, 1.82) is 0 Å². The molecule has 2 fully saturated rings. The molecule has 32 heavy (non-hydrogen) atoms. The monoisotopic (exact) mass is 456 g/mol. The van der Waals surface area contributed by atoms with Crippen LogP contribution in [0.2, 0.25) is 5.02 Å². The molecule has 170 valence electrons. The Bertz CT molecular complexity index is 939. The van der Waals surface area contributed by atoms with Crippen molar-refractivity contribution < 1.29 is 14.3 Å². The van der Waals surface area contributed by atoms with Crippen LogP contribution in [0.25, 0.3) is 0 Å². The van der Waals surface area contributed by atoms with Gasteiger partial charge < -0.3 is 25.6 Å². The van der Waals surface area contributed by atoms with Crippen molar-refractivity contribution in [3.05, 3.63) is 53.1 Å². The number of carbonyl (C=O) groups excluding carboxylic acids is 2. The van der Waals surface area contributed by atoms with Crippen molar-refractivity contribution in [3.8, 4) is 0 Å².